The van der Waals surface area contributed by atoms with Crippen molar-refractivity contribution in [2.45, 2.75) is 58.3 Å². The number of aromatic nitrogens is 2. The molecule has 1 aromatic carbocycles. The largest absolute Gasteiger partial charge is 0.468 e. The minimum absolute atomic E-state index is 0.0397. The monoisotopic (exact) mass is 450 g/mol. The van der Waals surface area contributed by atoms with E-state index in [4.69, 9.17) is 10.2 Å². The minimum atomic E-state index is -0.626. The van der Waals surface area contributed by atoms with Crippen molar-refractivity contribution >= 4 is 11.6 Å². The Bertz CT molecular complexity index is 1210. The second kappa shape index (κ2) is 10.0. The summed E-state index contributed by atoms with van der Waals surface area (Å²) in [6.45, 7) is 2.57. The van der Waals surface area contributed by atoms with Crippen LogP contribution in [0, 0.1) is 0 Å². The average Bonchev–Trinajstić information content (AvgIpc) is 3.52. The van der Waals surface area contributed by atoms with Crippen molar-refractivity contribution in [1.29, 1.82) is 0 Å². The number of anilines is 1. The Morgan fingerprint density at radius 3 is 2.45 bits per heavy atom. The molecule has 2 aromatic heterocycles. The van der Waals surface area contributed by atoms with Gasteiger partial charge in [0.15, 0.2) is 5.78 Å². The van der Waals surface area contributed by atoms with Crippen molar-refractivity contribution < 1.29 is 9.21 Å². The molecule has 1 aliphatic rings. The number of carbonyl (C=O) groups is 1. The zero-order valence-electron chi connectivity index (χ0n) is 18.9. The van der Waals surface area contributed by atoms with Gasteiger partial charge in [0, 0.05) is 12.6 Å². The molecule has 8 nitrogen and oxygen atoms in total. The molecule has 0 amide bonds. The van der Waals surface area contributed by atoms with E-state index in [9.17, 15) is 14.4 Å². The molecule has 0 radical (unpaired) electrons. The van der Waals surface area contributed by atoms with Gasteiger partial charge in [0.05, 0.1) is 25.9 Å². The number of ketones is 1. The van der Waals surface area contributed by atoms with E-state index in [0.717, 1.165) is 41.6 Å². The summed E-state index contributed by atoms with van der Waals surface area (Å²) in [5, 5.41) is 0. The van der Waals surface area contributed by atoms with Gasteiger partial charge < -0.3 is 10.2 Å². The molecule has 0 spiro atoms. The van der Waals surface area contributed by atoms with Crippen molar-refractivity contribution in [2.24, 2.45) is 0 Å². The van der Waals surface area contributed by atoms with Crippen LogP contribution in [-0.4, -0.2) is 32.4 Å². The number of nitrogens with two attached hydrogens (primary N) is 1. The molecular weight excluding hydrogens is 420 g/mol. The molecule has 33 heavy (non-hydrogen) atoms. The maximum absolute atomic E-state index is 13.5. The fraction of sp³-hybridized carbons (Fsp3) is 0.400. The second-order valence-corrected chi connectivity index (χ2v) is 8.51. The van der Waals surface area contributed by atoms with Gasteiger partial charge in [0.1, 0.15) is 17.1 Å². The number of benzene rings is 1. The lowest BCUT2D eigenvalue weighted by Gasteiger charge is -2.27. The highest BCUT2D eigenvalue weighted by Crippen LogP contribution is 2.25. The van der Waals surface area contributed by atoms with Gasteiger partial charge in [-0.15, -0.1) is 0 Å². The third-order valence-electron chi connectivity index (χ3n) is 6.37. The Balaban J connectivity index is 1.70. The molecule has 0 saturated heterocycles. The number of Topliss-reactive ketones (excluding diaryl/α,β-unsaturated/α-hetero) is 1. The highest BCUT2D eigenvalue weighted by Gasteiger charge is 2.29. The molecule has 174 valence electrons. The average molecular weight is 451 g/mol. The van der Waals surface area contributed by atoms with Crippen molar-refractivity contribution in [1.82, 2.24) is 14.0 Å². The number of hydrogen-bond acceptors (Lipinski definition) is 6. The maximum Gasteiger partial charge on any atom is 0.332 e. The van der Waals surface area contributed by atoms with Crippen LogP contribution in [0.3, 0.4) is 0 Å². The van der Waals surface area contributed by atoms with Gasteiger partial charge in [-0.25, -0.2) is 4.79 Å². The lowest BCUT2D eigenvalue weighted by molar-refractivity contribution is 0.0871. The van der Waals surface area contributed by atoms with Crippen LogP contribution >= 0.6 is 0 Å². The van der Waals surface area contributed by atoms with Crippen molar-refractivity contribution in [3.05, 3.63) is 86.5 Å². The van der Waals surface area contributed by atoms with Crippen molar-refractivity contribution in [2.75, 3.05) is 12.3 Å². The zero-order valence-corrected chi connectivity index (χ0v) is 18.9. The topological polar surface area (TPSA) is 103 Å². The molecule has 2 N–H and O–H groups in total. The fourth-order valence-corrected chi connectivity index (χ4v) is 4.62. The van der Waals surface area contributed by atoms with E-state index in [-0.39, 0.29) is 42.8 Å². The first-order valence-corrected chi connectivity index (χ1v) is 11.5. The predicted molar refractivity (Wildman–Crippen MR) is 126 cm³/mol. The normalized spacial score (nSPS) is 14.2. The van der Waals surface area contributed by atoms with Gasteiger partial charge in [0.2, 0.25) is 0 Å². The Kier molecular flexibility index (Phi) is 6.93. The Labute approximate surface area is 192 Å². The number of rotatable bonds is 9. The first-order chi connectivity index (χ1) is 16.0. The minimum Gasteiger partial charge on any atom is -0.468 e. The summed E-state index contributed by atoms with van der Waals surface area (Å²) in [6, 6.07) is 13.3. The highest BCUT2D eigenvalue weighted by atomic mass is 16.3. The highest BCUT2D eigenvalue weighted by molar-refractivity contribution is 6.01. The summed E-state index contributed by atoms with van der Waals surface area (Å²) >= 11 is 0. The molecule has 0 atom stereocenters. The number of carbonyl (C=O) groups excluding carboxylic acids is 1. The number of hydrogen-bond donors (Lipinski definition) is 1. The first-order valence-electron chi connectivity index (χ1n) is 11.5. The summed E-state index contributed by atoms with van der Waals surface area (Å²) in [6.07, 6.45) is 5.83. The van der Waals surface area contributed by atoms with Gasteiger partial charge in [-0.05, 0) is 37.5 Å². The van der Waals surface area contributed by atoms with Gasteiger partial charge >= 0.3 is 5.69 Å². The van der Waals surface area contributed by atoms with Crippen LogP contribution in [-0.2, 0) is 19.6 Å². The molecular formula is C25H30N4O4. The fourth-order valence-electron chi connectivity index (χ4n) is 4.62. The molecule has 1 fully saturated rings. The summed E-state index contributed by atoms with van der Waals surface area (Å²) in [5.41, 5.74) is 5.92. The molecule has 3 aromatic rings. The third kappa shape index (κ3) is 4.85. The van der Waals surface area contributed by atoms with E-state index < -0.39 is 11.2 Å². The van der Waals surface area contributed by atoms with Crippen LogP contribution in [0.25, 0.3) is 0 Å². The maximum atomic E-state index is 13.5. The van der Waals surface area contributed by atoms with E-state index in [1.165, 1.54) is 4.57 Å². The van der Waals surface area contributed by atoms with Gasteiger partial charge in [-0.2, -0.15) is 0 Å². The van der Waals surface area contributed by atoms with Crippen LogP contribution in [0.5, 0.6) is 0 Å². The summed E-state index contributed by atoms with van der Waals surface area (Å²) in [4.78, 5) is 41.6. The summed E-state index contributed by atoms with van der Waals surface area (Å²) in [7, 11) is 0. The second-order valence-electron chi connectivity index (χ2n) is 8.51. The molecule has 1 aliphatic carbocycles. The Morgan fingerprint density at radius 1 is 1.09 bits per heavy atom. The van der Waals surface area contributed by atoms with E-state index in [1.54, 1.807) is 13.2 Å². The van der Waals surface area contributed by atoms with Gasteiger partial charge in [-0.1, -0.05) is 43.2 Å². The van der Waals surface area contributed by atoms with Crippen LogP contribution in [0.15, 0.2) is 62.7 Å². The molecule has 2 heterocycles. The van der Waals surface area contributed by atoms with Crippen LogP contribution < -0.4 is 17.0 Å². The van der Waals surface area contributed by atoms with E-state index in [1.807, 2.05) is 42.5 Å². The number of nitrogens with zero attached hydrogens (tertiary/aromatic N) is 3. The number of nitrogen functional groups attached to an aromatic ring is 1. The van der Waals surface area contributed by atoms with Crippen molar-refractivity contribution in [3.63, 3.8) is 0 Å². The van der Waals surface area contributed by atoms with Crippen molar-refractivity contribution in [3.8, 4) is 0 Å². The summed E-state index contributed by atoms with van der Waals surface area (Å²) < 4.78 is 7.91. The standard InChI is InChI=1S/C25H30N4O4/c1-2-28-24(31)22(23(26)29(25(28)32)15-18-9-4-3-5-10-18)21(30)17-27(19-11-6-7-12-19)16-20-13-8-14-33-20/h3-5,8-10,13-14,19H,2,6-7,11-12,15-17,26H2,1H3. The molecule has 1 saturated carbocycles. The zero-order chi connectivity index (χ0) is 23.4. The number of furan rings is 1. The quantitative estimate of drug-likeness (QED) is 0.503. The lowest BCUT2D eigenvalue weighted by Crippen LogP contribution is -2.46. The summed E-state index contributed by atoms with van der Waals surface area (Å²) in [5.74, 6) is 0.315. The van der Waals surface area contributed by atoms with E-state index in [0.29, 0.717) is 6.54 Å². The van der Waals surface area contributed by atoms with Gasteiger partial charge in [-0.3, -0.25) is 23.6 Å². The Morgan fingerprint density at radius 2 is 1.82 bits per heavy atom. The first kappa shape index (κ1) is 22.8. The van der Waals surface area contributed by atoms with E-state index in [2.05, 4.69) is 4.90 Å². The molecule has 0 unspecified atom stereocenters. The van der Waals surface area contributed by atoms with Gasteiger partial charge in [0.25, 0.3) is 5.56 Å². The van der Waals surface area contributed by atoms with E-state index >= 15 is 0 Å². The van der Waals surface area contributed by atoms with Crippen LogP contribution in [0.2, 0.25) is 0 Å². The van der Waals surface area contributed by atoms with Crippen LogP contribution in [0.4, 0.5) is 5.82 Å². The predicted octanol–water partition coefficient (Wildman–Crippen LogP) is 2.88. The molecule has 4 rings (SSSR count). The smallest absolute Gasteiger partial charge is 0.332 e. The molecule has 0 aliphatic heterocycles. The molecule has 0 bridgehead atoms. The third-order valence-corrected chi connectivity index (χ3v) is 6.37. The SMILES string of the molecule is CCn1c(=O)c(C(=O)CN(Cc2ccco2)C2CCCC2)c(N)n(Cc2ccccc2)c1=O. The lowest BCUT2D eigenvalue weighted by atomic mass is 10.1. The molecule has 8 heteroatoms. The Hall–Kier alpha value is -3.39. The van der Waals surface area contributed by atoms with Crippen LogP contribution in [0.1, 0.15) is 54.3 Å².